The van der Waals surface area contributed by atoms with E-state index in [1.165, 1.54) is 0 Å². The lowest BCUT2D eigenvalue weighted by atomic mass is 10.1. The van der Waals surface area contributed by atoms with E-state index in [9.17, 15) is 0 Å². The van der Waals surface area contributed by atoms with Gasteiger partial charge >= 0.3 is 0 Å². The maximum absolute atomic E-state index is 6.11. The summed E-state index contributed by atoms with van der Waals surface area (Å²) in [6.07, 6.45) is 0.882. The molecule has 0 aromatic heterocycles. The van der Waals surface area contributed by atoms with Gasteiger partial charge in [0.1, 0.15) is 11.5 Å². The van der Waals surface area contributed by atoms with Crippen LogP contribution in [0, 0.1) is 6.92 Å². The monoisotopic (exact) mass is 275 g/mol. The summed E-state index contributed by atoms with van der Waals surface area (Å²) in [7, 11) is 0. The first-order chi connectivity index (χ1) is 9.15. The van der Waals surface area contributed by atoms with Gasteiger partial charge in [-0.1, -0.05) is 36.7 Å². The van der Waals surface area contributed by atoms with Crippen molar-refractivity contribution in [2.24, 2.45) is 5.73 Å². The molecular weight excluding hydrogens is 258 g/mol. The van der Waals surface area contributed by atoms with Crippen LogP contribution in [0.25, 0.3) is 0 Å². The Kier molecular flexibility index (Phi) is 4.46. The molecule has 0 aliphatic heterocycles. The van der Waals surface area contributed by atoms with Gasteiger partial charge in [0.15, 0.2) is 0 Å². The molecule has 2 aromatic rings. The number of halogens is 1. The Bertz CT molecular complexity index is 581. The predicted octanol–water partition coefficient (Wildman–Crippen LogP) is 4.46. The smallest absolute Gasteiger partial charge is 0.134 e. The summed E-state index contributed by atoms with van der Waals surface area (Å²) in [5.41, 5.74) is 8.92. The predicted molar refractivity (Wildman–Crippen MR) is 80.0 cm³/mol. The van der Waals surface area contributed by atoms with Crippen LogP contribution >= 0.6 is 11.6 Å². The number of nitrogens with two attached hydrogens (primary N) is 1. The van der Waals surface area contributed by atoms with Gasteiger partial charge in [-0.15, -0.1) is 0 Å². The van der Waals surface area contributed by atoms with E-state index in [1.54, 1.807) is 0 Å². The molecule has 0 atom stereocenters. The average Bonchev–Trinajstić information content (AvgIpc) is 2.43. The Morgan fingerprint density at radius 1 is 1.16 bits per heavy atom. The van der Waals surface area contributed by atoms with Crippen LogP contribution in [0.3, 0.4) is 0 Å². The van der Waals surface area contributed by atoms with Gasteiger partial charge in [0.05, 0.1) is 0 Å². The molecule has 0 spiro atoms. The molecule has 0 radical (unpaired) electrons. The van der Waals surface area contributed by atoms with Crippen molar-refractivity contribution in [2.45, 2.75) is 26.8 Å². The second-order valence-electron chi connectivity index (χ2n) is 4.48. The van der Waals surface area contributed by atoms with Gasteiger partial charge in [-0.3, -0.25) is 0 Å². The van der Waals surface area contributed by atoms with Crippen LogP contribution in [0.5, 0.6) is 11.5 Å². The van der Waals surface area contributed by atoms with Gasteiger partial charge in [-0.05, 0) is 42.7 Å². The van der Waals surface area contributed by atoms with Gasteiger partial charge in [0.2, 0.25) is 0 Å². The highest BCUT2D eigenvalue weighted by Crippen LogP contribution is 2.31. The van der Waals surface area contributed by atoms with Crippen molar-refractivity contribution in [2.75, 3.05) is 0 Å². The highest BCUT2D eigenvalue weighted by atomic mass is 35.5. The minimum Gasteiger partial charge on any atom is -0.457 e. The first-order valence-corrected chi connectivity index (χ1v) is 6.78. The molecule has 0 aliphatic carbocycles. The molecule has 0 saturated carbocycles. The lowest BCUT2D eigenvalue weighted by Gasteiger charge is -2.14. The van der Waals surface area contributed by atoms with Crippen LogP contribution in [-0.2, 0) is 13.0 Å². The summed E-state index contributed by atoms with van der Waals surface area (Å²) in [4.78, 5) is 0. The largest absolute Gasteiger partial charge is 0.457 e. The second kappa shape index (κ2) is 6.09. The van der Waals surface area contributed by atoms with E-state index in [4.69, 9.17) is 22.1 Å². The molecule has 0 unspecified atom stereocenters. The number of hydrogen-bond acceptors (Lipinski definition) is 2. The van der Waals surface area contributed by atoms with Crippen molar-refractivity contribution in [3.8, 4) is 11.5 Å². The lowest BCUT2D eigenvalue weighted by molar-refractivity contribution is 0.472. The fourth-order valence-electron chi connectivity index (χ4n) is 2.02. The van der Waals surface area contributed by atoms with Crippen LogP contribution in [0.4, 0.5) is 0 Å². The molecule has 0 amide bonds. The van der Waals surface area contributed by atoms with Gasteiger partial charge in [0.25, 0.3) is 0 Å². The molecule has 19 heavy (non-hydrogen) atoms. The van der Waals surface area contributed by atoms with Crippen LogP contribution < -0.4 is 10.5 Å². The van der Waals surface area contributed by atoms with E-state index in [0.717, 1.165) is 39.6 Å². The Balaban J connectivity index is 2.36. The molecule has 2 rings (SSSR count). The molecule has 2 N–H and O–H groups in total. The summed E-state index contributed by atoms with van der Waals surface area (Å²) in [6.45, 7) is 4.56. The Morgan fingerprint density at radius 2 is 1.95 bits per heavy atom. The average molecular weight is 276 g/mol. The van der Waals surface area contributed by atoms with Crippen LogP contribution in [0.2, 0.25) is 5.02 Å². The molecule has 0 saturated heterocycles. The highest BCUT2D eigenvalue weighted by molar-refractivity contribution is 6.31. The maximum Gasteiger partial charge on any atom is 0.134 e. The first-order valence-electron chi connectivity index (χ1n) is 6.40. The normalized spacial score (nSPS) is 10.5. The van der Waals surface area contributed by atoms with E-state index in [0.29, 0.717) is 6.54 Å². The van der Waals surface area contributed by atoms with E-state index in [1.807, 2.05) is 43.3 Å². The standard InChI is InChI=1S/C16H18ClNO/c1-3-12-9-14(7-8-15(12)17)19-16-11(2)5-4-6-13(16)10-18/h4-9H,3,10,18H2,1-2H3. The summed E-state index contributed by atoms with van der Waals surface area (Å²) in [5, 5.41) is 0.777. The summed E-state index contributed by atoms with van der Waals surface area (Å²) in [6, 6.07) is 11.7. The third kappa shape index (κ3) is 3.09. The van der Waals surface area contributed by atoms with Crippen molar-refractivity contribution < 1.29 is 4.74 Å². The molecule has 0 heterocycles. The number of benzene rings is 2. The van der Waals surface area contributed by atoms with E-state index >= 15 is 0 Å². The summed E-state index contributed by atoms with van der Waals surface area (Å²) < 4.78 is 5.99. The first kappa shape index (κ1) is 13.9. The third-order valence-corrected chi connectivity index (χ3v) is 3.50. The zero-order chi connectivity index (χ0) is 13.8. The summed E-state index contributed by atoms with van der Waals surface area (Å²) >= 11 is 6.11. The fourth-order valence-corrected chi connectivity index (χ4v) is 2.27. The zero-order valence-corrected chi connectivity index (χ0v) is 12.0. The van der Waals surface area contributed by atoms with Crippen molar-refractivity contribution in [1.82, 2.24) is 0 Å². The molecule has 0 fully saturated rings. The Morgan fingerprint density at radius 3 is 2.63 bits per heavy atom. The van der Waals surface area contributed by atoms with Crippen molar-refractivity contribution in [3.63, 3.8) is 0 Å². The highest BCUT2D eigenvalue weighted by Gasteiger charge is 2.08. The van der Waals surface area contributed by atoms with E-state index < -0.39 is 0 Å². The number of hydrogen-bond donors (Lipinski definition) is 1. The molecule has 2 aromatic carbocycles. The number of aryl methyl sites for hydroxylation is 2. The molecule has 100 valence electrons. The SMILES string of the molecule is CCc1cc(Oc2c(C)cccc2CN)ccc1Cl. The second-order valence-corrected chi connectivity index (χ2v) is 4.88. The van der Waals surface area contributed by atoms with Gasteiger partial charge in [-0.25, -0.2) is 0 Å². The topological polar surface area (TPSA) is 35.2 Å². The Labute approximate surface area is 119 Å². The number of ether oxygens (including phenoxy) is 1. The van der Waals surface area contributed by atoms with Gasteiger partial charge < -0.3 is 10.5 Å². The number of para-hydroxylation sites is 1. The van der Waals surface area contributed by atoms with E-state index in [-0.39, 0.29) is 0 Å². The van der Waals surface area contributed by atoms with Crippen LogP contribution in [0.15, 0.2) is 36.4 Å². The van der Waals surface area contributed by atoms with Crippen LogP contribution in [0.1, 0.15) is 23.6 Å². The minimum absolute atomic E-state index is 0.464. The molecule has 0 aliphatic rings. The van der Waals surface area contributed by atoms with Crippen molar-refractivity contribution >= 4 is 11.6 Å². The van der Waals surface area contributed by atoms with Crippen LogP contribution in [-0.4, -0.2) is 0 Å². The fraction of sp³-hybridized carbons (Fsp3) is 0.250. The third-order valence-electron chi connectivity index (χ3n) is 3.13. The lowest BCUT2D eigenvalue weighted by Crippen LogP contribution is -2.01. The van der Waals surface area contributed by atoms with Crippen molar-refractivity contribution in [1.29, 1.82) is 0 Å². The zero-order valence-electron chi connectivity index (χ0n) is 11.2. The molecule has 3 heteroatoms. The maximum atomic E-state index is 6.11. The minimum atomic E-state index is 0.464. The van der Waals surface area contributed by atoms with E-state index in [2.05, 4.69) is 6.92 Å². The molecule has 2 nitrogen and oxygen atoms in total. The quantitative estimate of drug-likeness (QED) is 0.894. The van der Waals surface area contributed by atoms with Gasteiger partial charge in [0, 0.05) is 17.1 Å². The molecular formula is C16H18ClNO. The Hall–Kier alpha value is -1.51. The van der Waals surface area contributed by atoms with Crippen molar-refractivity contribution in [3.05, 3.63) is 58.1 Å². The number of rotatable bonds is 4. The van der Waals surface area contributed by atoms with Gasteiger partial charge in [-0.2, -0.15) is 0 Å². The molecule has 0 bridgehead atoms. The summed E-state index contributed by atoms with van der Waals surface area (Å²) in [5.74, 6) is 1.64.